The smallest absolute Gasteiger partial charge is 0.275 e. The zero-order valence-corrected chi connectivity index (χ0v) is 15.3. The lowest BCUT2D eigenvalue weighted by Crippen LogP contribution is -2.43. The second kappa shape index (κ2) is 7.67. The molecule has 2 aromatic heterocycles. The molecule has 1 aliphatic heterocycles. The van der Waals surface area contributed by atoms with Crippen molar-refractivity contribution in [2.24, 2.45) is 0 Å². The van der Waals surface area contributed by atoms with Crippen molar-refractivity contribution >= 4 is 17.3 Å². The molecular weight excluding hydrogens is 375 g/mol. The third kappa shape index (κ3) is 3.65. The molecule has 0 bridgehead atoms. The summed E-state index contributed by atoms with van der Waals surface area (Å²) < 4.78 is 15.6. The second-order valence-electron chi connectivity index (χ2n) is 6.78. The number of carbonyl (C=O) groups is 2. The van der Waals surface area contributed by atoms with Gasteiger partial charge in [0, 0.05) is 30.9 Å². The zero-order valence-electron chi connectivity index (χ0n) is 15.3. The summed E-state index contributed by atoms with van der Waals surface area (Å²) in [6.07, 6.45) is 3.61. The lowest BCUT2D eigenvalue weighted by atomic mass is 10.1. The lowest BCUT2D eigenvalue weighted by molar-refractivity contribution is 0.0714. The minimum Gasteiger partial charge on any atom is -0.350 e. The summed E-state index contributed by atoms with van der Waals surface area (Å²) >= 11 is 0. The summed E-state index contributed by atoms with van der Waals surface area (Å²) in [5.74, 6) is -0.783. The van der Waals surface area contributed by atoms with Crippen LogP contribution >= 0.6 is 0 Å². The van der Waals surface area contributed by atoms with Gasteiger partial charge < -0.3 is 10.2 Å². The van der Waals surface area contributed by atoms with Crippen LogP contribution in [-0.2, 0) is 0 Å². The van der Waals surface area contributed by atoms with E-state index in [2.05, 4.69) is 15.4 Å². The van der Waals surface area contributed by atoms with Gasteiger partial charge in [0.1, 0.15) is 6.17 Å². The van der Waals surface area contributed by atoms with E-state index in [1.807, 2.05) is 6.07 Å². The molecule has 2 atom stereocenters. The Morgan fingerprint density at radius 1 is 1.31 bits per heavy atom. The summed E-state index contributed by atoms with van der Waals surface area (Å²) in [6, 6.07) is 9.45. The summed E-state index contributed by atoms with van der Waals surface area (Å²) in [5, 5.41) is 15.8. The van der Waals surface area contributed by atoms with E-state index in [0.29, 0.717) is 16.6 Å². The fraction of sp³-hybridized carbons (Fsp3) is 0.250. The molecule has 1 aromatic carbocycles. The molecule has 0 aliphatic carbocycles. The highest BCUT2D eigenvalue weighted by molar-refractivity contribution is 5.99. The number of benzene rings is 1. The minimum absolute atomic E-state index is 0.0554. The van der Waals surface area contributed by atoms with Crippen LogP contribution in [0.1, 0.15) is 32.8 Å². The van der Waals surface area contributed by atoms with Gasteiger partial charge >= 0.3 is 0 Å². The molecule has 8 nitrogen and oxygen atoms in total. The van der Waals surface area contributed by atoms with Crippen LogP contribution in [0.4, 0.5) is 4.39 Å². The number of alkyl halides is 1. The third-order valence-corrected chi connectivity index (χ3v) is 4.90. The van der Waals surface area contributed by atoms with Gasteiger partial charge in [0.15, 0.2) is 5.69 Å². The van der Waals surface area contributed by atoms with E-state index in [1.165, 1.54) is 21.7 Å². The van der Waals surface area contributed by atoms with Crippen LogP contribution in [-0.4, -0.2) is 56.6 Å². The van der Waals surface area contributed by atoms with Gasteiger partial charge in [0.25, 0.3) is 11.8 Å². The van der Waals surface area contributed by atoms with Crippen LogP contribution in [0.2, 0.25) is 0 Å². The Hall–Kier alpha value is -3.80. The number of fused-ring (bicyclic) bond motifs is 1. The quantitative estimate of drug-likeness (QED) is 0.726. The summed E-state index contributed by atoms with van der Waals surface area (Å²) in [7, 11) is 0. The summed E-state index contributed by atoms with van der Waals surface area (Å²) in [4.78, 5) is 31.0. The van der Waals surface area contributed by atoms with Gasteiger partial charge in [-0.25, -0.2) is 13.9 Å². The Labute approximate surface area is 165 Å². The van der Waals surface area contributed by atoms with Crippen LogP contribution < -0.4 is 5.32 Å². The van der Waals surface area contributed by atoms with E-state index in [1.54, 1.807) is 36.7 Å². The molecule has 0 spiro atoms. The van der Waals surface area contributed by atoms with Crippen molar-refractivity contribution in [3.05, 3.63) is 65.7 Å². The van der Waals surface area contributed by atoms with Gasteiger partial charge in [-0.1, -0.05) is 6.07 Å². The zero-order chi connectivity index (χ0) is 20.4. The van der Waals surface area contributed by atoms with Gasteiger partial charge in [0.05, 0.1) is 35.9 Å². The maximum absolute atomic E-state index is 14.1. The number of nitriles is 1. The molecule has 146 valence electrons. The highest BCUT2D eigenvalue weighted by Gasteiger charge is 2.37. The first-order chi connectivity index (χ1) is 14.1. The highest BCUT2D eigenvalue weighted by Crippen LogP contribution is 2.23. The molecular formula is C20H17FN6O2. The molecule has 2 amide bonds. The molecule has 1 N–H and O–H groups in total. The number of nitrogens with zero attached hydrogens (tertiary/aromatic N) is 5. The Morgan fingerprint density at radius 2 is 2.17 bits per heavy atom. The first kappa shape index (κ1) is 18.6. The van der Waals surface area contributed by atoms with Gasteiger partial charge in [-0.3, -0.25) is 9.59 Å². The van der Waals surface area contributed by atoms with Crippen molar-refractivity contribution in [1.82, 2.24) is 24.8 Å². The predicted octanol–water partition coefficient (Wildman–Crippen LogP) is 1.58. The number of carbonyl (C=O) groups excluding carboxylic acids is 2. The largest absolute Gasteiger partial charge is 0.350 e. The first-order valence-electron chi connectivity index (χ1n) is 9.08. The minimum atomic E-state index is -1.17. The topological polar surface area (TPSA) is 103 Å². The maximum atomic E-state index is 14.1. The van der Waals surface area contributed by atoms with E-state index >= 15 is 0 Å². The number of nitrogens with one attached hydrogen (secondary N) is 1. The van der Waals surface area contributed by atoms with Crippen molar-refractivity contribution in [3.63, 3.8) is 0 Å². The predicted molar refractivity (Wildman–Crippen MR) is 101 cm³/mol. The maximum Gasteiger partial charge on any atom is 0.275 e. The number of likely N-dealkylation sites (tertiary alicyclic amines) is 1. The molecule has 9 heteroatoms. The van der Waals surface area contributed by atoms with Crippen LogP contribution in [0.5, 0.6) is 0 Å². The van der Waals surface area contributed by atoms with E-state index in [0.717, 1.165) is 0 Å². The second-order valence-corrected chi connectivity index (χ2v) is 6.78. The van der Waals surface area contributed by atoms with Gasteiger partial charge in [-0.05, 0) is 24.3 Å². The van der Waals surface area contributed by atoms with Crippen LogP contribution in [0, 0.1) is 11.3 Å². The molecule has 1 saturated heterocycles. The molecule has 0 radical (unpaired) electrons. The highest BCUT2D eigenvalue weighted by atomic mass is 19.1. The molecule has 1 aliphatic rings. The molecule has 29 heavy (non-hydrogen) atoms. The van der Waals surface area contributed by atoms with E-state index in [9.17, 15) is 14.0 Å². The van der Waals surface area contributed by atoms with Crippen molar-refractivity contribution < 1.29 is 14.0 Å². The average molecular weight is 392 g/mol. The fourth-order valence-corrected chi connectivity index (χ4v) is 3.50. The van der Waals surface area contributed by atoms with E-state index in [-0.39, 0.29) is 31.1 Å². The Kier molecular flexibility index (Phi) is 4.91. The Morgan fingerprint density at radius 3 is 3.00 bits per heavy atom. The van der Waals surface area contributed by atoms with Crippen LogP contribution in [0.3, 0.4) is 0 Å². The van der Waals surface area contributed by atoms with Crippen LogP contribution in [0.15, 0.2) is 48.9 Å². The summed E-state index contributed by atoms with van der Waals surface area (Å²) in [5.41, 5.74) is 1.44. The van der Waals surface area contributed by atoms with Crippen LogP contribution in [0.25, 0.3) is 5.52 Å². The first-order valence-corrected chi connectivity index (χ1v) is 9.08. The molecule has 4 rings (SSSR count). The number of halogens is 1. The number of aromatic nitrogens is 3. The van der Waals surface area contributed by atoms with Crippen molar-refractivity contribution in [3.8, 4) is 6.07 Å². The van der Waals surface area contributed by atoms with Gasteiger partial charge in [-0.15, -0.1) is 0 Å². The standard InChI is InChI=1S/C20H17FN6O2/c21-15-9-16(11-24-19(28)14-3-1-2-13(8-14)10-22)26(12-15)20(29)18-17-4-5-25-27(17)7-6-23-18/h1-8,15-16H,9,11-12H2,(H,24,28)/t15-,16-/m0/s1. The molecule has 3 aromatic rings. The molecule has 0 unspecified atom stereocenters. The number of hydrogen-bond acceptors (Lipinski definition) is 5. The lowest BCUT2D eigenvalue weighted by Gasteiger charge is -2.24. The van der Waals surface area contributed by atoms with Crippen molar-refractivity contribution in [2.45, 2.75) is 18.6 Å². The number of hydrogen-bond donors (Lipinski definition) is 1. The fourth-order valence-electron chi connectivity index (χ4n) is 3.50. The Bertz CT molecular complexity index is 1120. The molecule has 1 fully saturated rings. The Balaban J connectivity index is 1.49. The van der Waals surface area contributed by atoms with Crippen molar-refractivity contribution in [2.75, 3.05) is 13.1 Å². The SMILES string of the molecule is N#Cc1cccc(C(=O)NC[C@@H]2C[C@H](F)CN2C(=O)c2nccn3nccc23)c1. The monoisotopic (exact) mass is 392 g/mol. The average Bonchev–Trinajstić information content (AvgIpc) is 3.37. The van der Waals surface area contributed by atoms with Gasteiger partial charge in [0.2, 0.25) is 0 Å². The number of rotatable bonds is 4. The normalized spacial score (nSPS) is 18.6. The number of amides is 2. The van der Waals surface area contributed by atoms with E-state index < -0.39 is 18.1 Å². The van der Waals surface area contributed by atoms with Gasteiger partial charge in [-0.2, -0.15) is 10.4 Å². The molecule has 3 heterocycles. The summed E-state index contributed by atoms with van der Waals surface area (Å²) in [6.45, 7) is 0.0459. The third-order valence-electron chi connectivity index (χ3n) is 4.90. The van der Waals surface area contributed by atoms with Crippen molar-refractivity contribution in [1.29, 1.82) is 5.26 Å². The van der Waals surface area contributed by atoms with E-state index in [4.69, 9.17) is 5.26 Å². The molecule has 0 saturated carbocycles.